The lowest BCUT2D eigenvalue weighted by molar-refractivity contribution is -0.124. The summed E-state index contributed by atoms with van der Waals surface area (Å²) in [6.45, 7) is 3.38. The van der Waals surface area contributed by atoms with E-state index in [9.17, 15) is 9.59 Å². The van der Waals surface area contributed by atoms with E-state index in [0.29, 0.717) is 6.42 Å². The molecule has 1 aliphatic carbocycles. The van der Waals surface area contributed by atoms with E-state index in [-0.39, 0.29) is 11.7 Å². The number of rotatable bonds is 5. The monoisotopic (exact) mass is 261 g/mol. The zero-order chi connectivity index (χ0) is 14.0. The van der Waals surface area contributed by atoms with Gasteiger partial charge in [-0.2, -0.15) is 0 Å². The number of carbonyl (C=O) groups excluding carboxylic acids is 2. The van der Waals surface area contributed by atoms with E-state index in [2.05, 4.69) is 0 Å². The summed E-state index contributed by atoms with van der Waals surface area (Å²) in [5, 5.41) is 0. The van der Waals surface area contributed by atoms with Crippen LogP contribution in [0.1, 0.15) is 33.1 Å². The fraction of sp³-hybridized carbons (Fsp3) is 0.467. The van der Waals surface area contributed by atoms with Crippen LogP contribution < -0.4 is 9.64 Å². The second-order valence-corrected chi connectivity index (χ2v) is 4.87. The van der Waals surface area contributed by atoms with Gasteiger partial charge in [0, 0.05) is 12.1 Å². The van der Waals surface area contributed by atoms with Crippen LogP contribution >= 0.6 is 0 Å². The second kappa shape index (κ2) is 5.03. The number of hydrogen-bond acceptors (Lipinski definition) is 3. The minimum Gasteiger partial charge on any atom is -0.497 e. The predicted octanol–water partition coefficient (Wildman–Crippen LogP) is 2.56. The van der Waals surface area contributed by atoms with Crippen molar-refractivity contribution < 1.29 is 14.3 Å². The minimum absolute atomic E-state index is 0.0159. The molecule has 0 spiro atoms. The fourth-order valence-corrected chi connectivity index (χ4v) is 2.37. The molecule has 1 aliphatic rings. The van der Waals surface area contributed by atoms with Crippen LogP contribution in [-0.4, -0.2) is 24.3 Å². The van der Waals surface area contributed by atoms with Crippen molar-refractivity contribution in [1.82, 2.24) is 0 Å². The topological polar surface area (TPSA) is 46.6 Å². The van der Waals surface area contributed by atoms with Crippen LogP contribution in [0.4, 0.5) is 5.69 Å². The lowest BCUT2D eigenvalue weighted by atomic mass is 10.1. The molecule has 1 amide bonds. The second-order valence-electron chi connectivity index (χ2n) is 4.87. The highest BCUT2D eigenvalue weighted by molar-refractivity contribution is 6.05. The molecule has 0 unspecified atom stereocenters. The molecule has 102 valence electrons. The third-order valence-corrected chi connectivity index (χ3v) is 3.69. The van der Waals surface area contributed by atoms with Gasteiger partial charge in [-0.3, -0.25) is 14.5 Å². The van der Waals surface area contributed by atoms with Crippen molar-refractivity contribution in [2.75, 3.05) is 12.0 Å². The van der Waals surface area contributed by atoms with Gasteiger partial charge < -0.3 is 4.74 Å². The molecule has 0 saturated heterocycles. The van der Waals surface area contributed by atoms with E-state index >= 15 is 0 Å². The Morgan fingerprint density at radius 1 is 1.26 bits per heavy atom. The Kier molecular flexibility index (Phi) is 3.60. The zero-order valence-corrected chi connectivity index (χ0v) is 11.6. The smallest absolute Gasteiger partial charge is 0.227 e. The lowest BCUT2D eigenvalue weighted by Gasteiger charge is -2.30. The van der Waals surface area contributed by atoms with E-state index in [0.717, 1.165) is 24.3 Å². The van der Waals surface area contributed by atoms with Crippen LogP contribution in [0.15, 0.2) is 24.3 Å². The van der Waals surface area contributed by atoms with Gasteiger partial charge in [0.25, 0.3) is 0 Å². The van der Waals surface area contributed by atoms with E-state index in [1.54, 1.807) is 18.9 Å². The number of methoxy groups -OCH3 is 1. The Morgan fingerprint density at radius 2 is 1.84 bits per heavy atom. The van der Waals surface area contributed by atoms with Gasteiger partial charge in [0.05, 0.1) is 7.11 Å². The van der Waals surface area contributed by atoms with Gasteiger partial charge in [0.15, 0.2) is 5.78 Å². The molecule has 0 bridgehead atoms. The maximum absolute atomic E-state index is 12.2. The van der Waals surface area contributed by atoms with Crippen LogP contribution in [-0.2, 0) is 9.59 Å². The van der Waals surface area contributed by atoms with Gasteiger partial charge in [-0.1, -0.05) is 6.92 Å². The zero-order valence-electron chi connectivity index (χ0n) is 11.6. The first-order valence-corrected chi connectivity index (χ1v) is 6.53. The molecule has 0 radical (unpaired) electrons. The standard InChI is InChI=1S/C15H19NO3/c1-4-14(18)16(15(9-10-15)11(2)17)12-5-7-13(19-3)8-6-12/h5-8H,4,9-10H2,1-3H3. The van der Waals surface area contributed by atoms with E-state index < -0.39 is 5.54 Å². The van der Waals surface area contributed by atoms with Crippen molar-refractivity contribution >= 4 is 17.4 Å². The molecule has 0 heterocycles. The average Bonchev–Trinajstić information content (AvgIpc) is 3.21. The summed E-state index contributed by atoms with van der Waals surface area (Å²) in [6.07, 6.45) is 1.89. The highest BCUT2D eigenvalue weighted by Crippen LogP contribution is 2.45. The van der Waals surface area contributed by atoms with Gasteiger partial charge in [0.1, 0.15) is 11.3 Å². The molecule has 19 heavy (non-hydrogen) atoms. The number of hydrogen-bond donors (Lipinski definition) is 0. The first-order valence-electron chi connectivity index (χ1n) is 6.53. The minimum atomic E-state index is -0.609. The van der Waals surface area contributed by atoms with Gasteiger partial charge in [0.2, 0.25) is 5.91 Å². The molecule has 4 heteroatoms. The average molecular weight is 261 g/mol. The first-order chi connectivity index (χ1) is 9.05. The first kappa shape index (κ1) is 13.6. The molecule has 0 aromatic heterocycles. The summed E-state index contributed by atoms with van der Waals surface area (Å²) in [4.78, 5) is 25.7. The van der Waals surface area contributed by atoms with Crippen molar-refractivity contribution in [2.45, 2.75) is 38.6 Å². The molecular formula is C15H19NO3. The number of amides is 1. The Hall–Kier alpha value is -1.84. The maximum atomic E-state index is 12.2. The Bertz CT molecular complexity index is 489. The molecule has 0 N–H and O–H groups in total. The predicted molar refractivity (Wildman–Crippen MR) is 73.4 cm³/mol. The molecular weight excluding hydrogens is 242 g/mol. The summed E-state index contributed by atoms with van der Waals surface area (Å²) in [6, 6.07) is 7.27. The lowest BCUT2D eigenvalue weighted by Crippen LogP contribution is -2.46. The summed E-state index contributed by atoms with van der Waals surface area (Å²) in [5.74, 6) is 0.781. The van der Waals surface area contributed by atoms with Crippen molar-refractivity contribution in [3.05, 3.63) is 24.3 Å². The number of Topliss-reactive ketones (excluding diaryl/α,β-unsaturated/α-hetero) is 1. The fourth-order valence-electron chi connectivity index (χ4n) is 2.37. The Morgan fingerprint density at radius 3 is 2.21 bits per heavy atom. The van der Waals surface area contributed by atoms with Gasteiger partial charge in [-0.05, 0) is 44.0 Å². The molecule has 1 saturated carbocycles. The van der Waals surface area contributed by atoms with E-state index in [1.807, 2.05) is 31.2 Å². The van der Waals surface area contributed by atoms with Crippen molar-refractivity contribution in [2.24, 2.45) is 0 Å². The Balaban J connectivity index is 2.38. The maximum Gasteiger partial charge on any atom is 0.227 e. The van der Waals surface area contributed by atoms with E-state index in [1.165, 1.54) is 0 Å². The molecule has 1 fully saturated rings. The van der Waals surface area contributed by atoms with E-state index in [4.69, 9.17) is 4.74 Å². The SMILES string of the molecule is CCC(=O)N(c1ccc(OC)cc1)C1(C(C)=O)CC1. The van der Waals surface area contributed by atoms with Crippen molar-refractivity contribution in [3.63, 3.8) is 0 Å². The summed E-state index contributed by atoms with van der Waals surface area (Å²) >= 11 is 0. The molecule has 4 nitrogen and oxygen atoms in total. The van der Waals surface area contributed by atoms with Crippen LogP contribution in [0.25, 0.3) is 0 Å². The molecule has 0 aliphatic heterocycles. The highest BCUT2D eigenvalue weighted by Gasteiger charge is 2.54. The number of anilines is 1. The largest absolute Gasteiger partial charge is 0.497 e. The van der Waals surface area contributed by atoms with Crippen LogP contribution in [0.5, 0.6) is 5.75 Å². The molecule has 0 atom stereocenters. The number of benzene rings is 1. The quantitative estimate of drug-likeness (QED) is 0.818. The van der Waals surface area contributed by atoms with Gasteiger partial charge in [-0.15, -0.1) is 0 Å². The number of ketones is 1. The van der Waals surface area contributed by atoms with Crippen molar-refractivity contribution in [1.29, 1.82) is 0 Å². The molecule has 1 aromatic rings. The Labute approximate surface area is 113 Å². The van der Waals surface area contributed by atoms with Crippen molar-refractivity contribution in [3.8, 4) is 5.75 Å². The summed E-state index contributed by atoms with van der Waals surface area (Å²) in [7, 11) is 1.60. The number of ether oxygens (including phenoxy) is 1. The van der Waals surface area contributed by atoms with Crippen LogP contribution in [0.2, 0.25) is 0 Å². The van der Waals surface area contributed by atoms with Crippen LogP contribution in [0, 0.1) is 0 Å². The number of nitrogens with zero attached hydrogens (tertiary/aromatic N) is 1. The number of carbonyl (C=O) groups is 2. The van der Waals surface area contributed by atoms with Crippen LogP contribution in [0.3, 0.4) is 0 Å². The summed E-state index contributed by atoms with van der Waals surface area (Å²) < 4.78 is 5.11. The molecule has 1 aromatic carbocycles. The third-order valence-electron chi connectivity index (χ3n) is 3.69. The highest BCUT2D eigenvalue weighted by atomic mass is 16.5. The molecule has 2 rings (SSSR count). The van der Waals surface area contributed by atoms with Gasteiger partial charge in [-0.25, -0.2) is 0 Å². The summed E-state index contributed by atoms with van der Waals surface area (Å²) in [5.41, 5.74) is 0.155. The normalized spacial score (nSPS) is 15.7. The van der Waals surface area contributed by atoms with Gasteiger partial charge >= 0.3 is 0 Å². The third kappa shape index (κ3) is 2.35.